The van der Waals surface area contributed by atoms with Gasteiger partial charge in [0.25, 0.3) is 0 Å². The summed E-state index contributed by atoms with van der Waals surface area (Å²) in [7, 11) is 0. The summed E-state index contributed by atoms with van der Waals surface area (Å²) in [6, 6.07) is 0.294. The summed E-state index contributed by atoms with van der Waals surface area (Å²) >= 11 is 0. The molecular weight excluding hydrogens is 224 g/mol. The van der Waals surface area contributed by atoms with Crippen LogP contribution >= 0.6 is 0 Å². The molecule has 3 nitrogen and oxygen atoms in total. The third kappa shape index (κ3) is 3.18. The number of urea groups is 1. The SMILES string of the molecule is CC(C)(C)C1CCCN(C(=O)N2CCCC2)CC1. The highest BCUT2D eigenvalue weighted by atomic mass is 16.2. The predicted octanol–water partition coefficient (Wildman–Crippen LogP) is 3.35. The average Bonchev–Trinajstić information content (AvgIpc) is 2.70. The average molecular weight is 252 g/mol. The molecule has 1 atom stereocenters. The molecule has 2 heterocycles. The summed E-state index contributed by atoms with van der Waals surface area (Å²) in [5, 5.41) is 0. The summed E-state index contributed by atoms with van der Waals surface area (Å²) in [5.41, 5.74) is 0.382. The monoisotopic (exact) mass is 252 g/mol. The Morgan fingerprint density at radius 2 is 1.44 bits per heavy atom. The molecule has 3 heteroatoms. The van der Waals surface area contributed by atoms with Gasteiger partial charge in [-0.05, 0) is 43.4 Å². The molecule has 0 bridgehead atoms. The second-order valence-corrected chi connectivity index (χ2v) is 6.96. The molecule has 2 aliphatic rings. The van der Waals surface area contributed by atoms with Crippen molar-refractivity contribution in [3.8, 4) is 0 Å². The molecule has 0 N–H and O–H groups in total. The maximum absolute atomic E-state index is 12.4. The number of likely N-dealkylation sites (tertiary alicyclic amines) is 2. The van der Waals surface area contributed by atoms with Gasteiger partial charge in [0.2, 0.25) is 0 Å². The lowest BCUT2D eigenvalue weighted by molar-refractivity contribution is 0.160. The van der Waals surface area contributed by atoms with Gasteiger partial charge >= 0.3 is 6.03 Å². The normalized spacial score (nSPS) is 26.3. The second kappa shape index (κ2) is 5.50. The van der Waals surface area contributed by atoms with Crippen molar-refractivity contribution < 1.29 is 4.79 Å². The van der Waals surface area contributed by atoms with Crippen LogP contribution in [0.5, 0.6) is 0 Å². The smallest absolute Gasteiger partial charge is 0.319 e. The number of rotatable bonds is 0. The van der Waals surface area contributed by atoms with E-state index in [1.807, 2.05) is 4.90 Å². The lowest BCUT2D eigenvalue weighted by Crippen LogP contribution is -2.42. The van der Waals surface area contributed by atoms with Crippen molar-refractivity contribution in [3.63, 3.8) is 0 Å². The minimum atomic E-state index is 0.294. The first kappa shape index (κ1) is 13.7. The summed E-state index contributed by atoms with van der Waals surface area (Å²) in [6.07, 6.45) is 5.98. The van der Waals surface area contributed by atoms with Crippen LogP contribution < -0.4 is 0 Å². The van der Waals surface area contributed by atoms with Crippen LogP contribution in [0.2, 0.25) is 0 Å². The zero-order valence-corrected chi connectivity index (χ0v) is 12.2. The van der Waals surface area contributed by atoms with E-state index in [1.165, 1.54) is 32.1 Å². The number of hydrogen-bond donors (Lipinski definition) is 0. The Bertz CT molecular complexity index is 289. The zero-order chi connectivity index (χ0) is 13.2. The van der Waals surface area contributed by atoms with Crippen LogP contribution in [0.15, 0.2) is 0 Å². The number of amides is 2. The fourth-order valence-electron chi connectivity index (χ4n) is 3.26. The molecule has 1 unspecified atom stereocenters. The van der Waals surface area contributed by atoms with E-state index in [0.717, 1.165) is 32.1 Å². The Morgan fingerprint density at radius 3 is 2.06 bits per heavy atom. The van der Waals surface area contributed by atoms with E-state index in [-0.39, 0.29) is 0 Å². The van der Waals surface area contributed by atoms with Crippen molar-refractivity contribution in [2.75, 3.05) is 26.2 Å². The highest BCUT2D eigenvalue weighted by Crippen LogP contribution is 2.34. The lowest BCUT2D eigenvalue weighted by atomic mass is 9.77. The van der Waals surface area contributed by atoms with Gasteiger partial charge in [-0.1, -0.05) is 20.8 Å². The van der Waals surface area contributed by atoms with Gasteiger partial charge in [0.1, 0.15) is 0 Å². The molecule has 2 aliphatic heterocycles. The van der Waals surface area contributed by atoms with Gasteiger partial charge in [0.05, 0.1) is 0 Å². The molecule has 2 saturated heterocycles. The first-order valence-electron chi connectivity index (χ1n) is 7.52. The van der Waals surface area contributed by atoms with Crippen LogP contribution in [0, 0.1) is 11.3 Å². The van der Waals surface area contributed by atoms with Crippen molar-refractivity contribution in [2.24, 2.45) is 11.3 Å². The number of carbonyl (C=O) groups is 1. The maximum Gasteiger partial charge on any atom is 0.319 e. The van der Waals surface area contributed by atoms with Gasteiger partial charge in [-0.15, -0.1) is 0 Å². The molecule has 0 aromatic carbocycles. The third-order valence-electron chi connectivity index (χ3n) is 4.60. The summed E-state index contributed by atoms with van der Waals surface area (Å²) in [4.78, 5) is 16.5. The summed E-state index contributed by atoms with van der Waals surface area (Å²) in [5.74, 6) is 0.758. The summed E-state index contributed by atoms with van der Waals surface area (Å²) < 4.78 is 0. The maximum atomic E-state index is 12.4. The molecule has 18 heavy (non-hydrogen) atoms. The van der Waals surface area contributed by atoms with E-state index in [9.17, 15) is 4.79 Å². The molecule has 2 rings (SSSR count). The Labute approximate surface area is 112 Å². The Balaban J connectivity index is 1.90. The van der Waals surface area contributed by atoms with Crippen molar-refractivity contribution in [1.29, 1.82) is 0 Å². The van der Waals surface area contributed by atoms with Crippen molar-refractivity contribution >= 4 is 6.03 Å². The van der Waals surface area contributed by atoms with Gasteiger partial charge < -0.3 is 9.80 Å². The molecule has 2 fully saturated rings. The standard InChI is InChI=1S/C15H28N2O/c1-15(2,3)13-7-6-11-17(12-8-13)14(18)16-9-4-5-10-16/h13H,4-12H2,1-3H3. The highest BCUT2D eigenvalue weighted by molar-refractivity contribution is 5.74. The minimum Gasteiger partial charge on any atom is -0.325 e. The van der Waals surface area contributed by atoms with Crippen molar-refractivity contribution in [1.82, 2.24) is 9.80 Å². The van der Waals surface area contributed by atoms with Crippen LogP contribution in [0.3, 0.4) is 0 Å². The zero-order valence-electron chi connectivity index (χ0n) is 12.2. The summed E-state index contributed by atoms with van der Waals surface area (Å²) in [6.45, 7) is 10.8. The largest absolute Gasteiger partial charge is 0.325 e. The Kier molecular flexibility index (Phi) is 4.18. The van der Waals surface area contributed by atoms with Gasteiger partial charge in [0, 0.05) is 26.2 Å². The topological polar surface area (TPSA) is 23.6 Å². The molecule has 104 valence electrons. The van der Waals surface area contributed by atoms with Crippen molar-refractivity contribution in [3.05, 3.63) is 0 Å². The fraction of sp³-hybridized carbons (Fsp3) is 0.933. The number of nitrogens with zero attached hydrogens (tertiary/aromatic N) is 2. The van der Waals surface area contributed by atoms with Crippen LogP contribution in [-0.4, -0.2) is 42.0 Å². The highest BCUT2D eigenvalue weighted by Gasteiger charge is 2.30. The predicted molar refractivity (Wildman–Crippen MR) is 74.6 cm³/mol. The fourth-order valence-corrected chi connectivity index (χ4v) is 3.26. The van der Waals surface area contributed by atoms with E-state index in [2.05, 4.69) is 25.7 Å². The number of hydrogen-bond acceptors (Lipinski definition) is 1. The minimum absolute atomic E-state index is 0.294. The van der Waals surface area contributed by atoms with Crippen LogP contribution in [0.25, 0.3) is 0 Å². The molecule has 0 radical (unpaired) electrons. The van der Waals surface area contributed by atoms with E-state index >= 15 is 0 Å². The van der Waals surface area contributed by atoms with Crippen LogP contribution in [0.4, 0.5) is 4.79 Å². The molecule has 2 amide bonds. The van der Waals surface area contributed by atoms with Gasteiger partial charge in [-0.3, -0.25) is 0 Å². The molecule has 0 aromatic heterocycles. The number of carbonyl (C=O) groups excluding carboxylic acids is 1. The Hall–Kier alpha value is -0.730. The third-order valence-corrected chi connectivity index (χ3v) is 4.60. The van der Waals surface area contributed by atoms with Gasteiger partial charge in [-0.2, -0.15) is 0 Å². The molecule has 0 saturated carbocycles. The van der Waals surface area contributed by atoms with E-state index in [0.29, 0.717) is 11.4 Å². The molecule has 0 aromatic rings. The molecule has 0 aliphatic carbocycles. The van der Waals surface area contributed by atoms with Gasteiger partial charge in [0.15, 0.2) is 0 Å². The molecular formula is C15H28N2O. The van der Waals surface area contributed by atoms with Crippen LogP contribution in [-0.2, 0) is 0 Å². The molecule has 0 spiro atoms. The van der Waals surface area contributed by atoms with Gasteiger partial charge in [-0.25, -0.2) is 4.79 Å². The second-order valence-electron chi connectivity index (χ2n) is 6.96. The van der Waals surface area contributed by atoms with E-state index in [4.69, 9.17) is 0 Å². The lowest BCUT2D eigenvalue weighted by Gasteiger charge is -2.30. The first-order valence-corrected chi connectivity index (χ1v) is 7.52. The van der Waals surface area contributed by atoms with Crippen molar-refractivity contribution in [2.45, 2.75) is 52.9 Å². The quantitative estimate of drug-likeness (QED) is 0.648. The van der Waals surface area contributed by atoms with E-state index in [1.54, 1.807) is 0 Å². The first-order chi connectivity index (χ1) is 8.48. The van der Waals surface area contributed by atoms with E-state index < -0.39 is 0 Å². The Morgan fingerprint density at radius 1 is 0.889 bits per heavy atom. The van der Waals surface area contributed by atoms with Crippen LogP contribution in [0.1, 0.15) is 52.9 Å².